The predicted molar refractivity (Wildman–Crippen MR) is 128 cm³/mol. The van der Waals surface area contributed by atoms with Crippen molar-refractivity contribution in [1.29, 1.82) is 0 Å². The molecule has 170 valence electrons. The van der Waals surface area contributed by atoms with Gasteiger partial charge in [0.2, 0.25) is 5.76 Å². The zero-order chi connectivity index (χ0) is 23.8. The molecule has 0 fully saturated rings. The van der Waals surface area contributed by atoms with Crippen molar-refractivity contribution in [3.63, 3.8) is 0 Å². The lowest BCUT2D eigenvalue weighted by Crippen LogP contribution is -2.29. The molecule has 1 aliphatic heterocycles. The summed E-state index contributed by atoms with van der Waals surface area (Å²) in [6.45, 7) is 1.82. The number of carbonyl (C=O) groups is 2. The molecule has 1 atom stereocenters. The molecule has 4 aromatic rings. The Hall–Kier alpha value is -4.39. The summed E-state index contributed by atoms with van der Waals surface area (Å²) in [5.74, 6) is -0.453. The van der Waals surface area contributed by atoms with Crippen molar-refractivity contribution in [2.75, 3.05) is 11.5 Å². The average molecular weight is 454 g/mol. The minimum Gasteiger partial charge on any atom is -0.484 e. The molecule has 0 bridgehead atoms. The van der Waals surface area contributed by atoms with E-state index >= 15 is 0 Å². The van der Waals surface area contributed by atoms with Crippen LogP contribution in [0.15, 0.2) is 82.0 Å². The Labute approximate surface area is 195 Å². The molecular formula is C27H22N2O5. The molecule has 2 heterocycles. The highest BCUT2D eigenvalue weighted by Crippen LogP contribution is 2.41. The van der Waals surface area contributed by atoms with E-state index in [2.05, 4.69) is 6.92 Å². The van der Waals surface area contributed by atoms with Gasteiger partial charge in [0.05, 0.1) is 17.0 Å². The molecule has 1 aromatic heterocycles. The number of fused-ring (bicyclic) bond motifs is 2. The molecule has 1 aliphatic rings. The number of primary amides is 1. The quantitative estimate of drug-likeness (QED) is 0.475. The lowest BCUT2D eigenvalue weighted by atomic mass is 9.98. The second kappa shape index (κ2) is 8.51. The van der Waals surface area contributed by atoms with Crippen LogP contribution in [0.2, 0.25) is 0 Å². The zero-order valence-corrected chi connectivity index (χ0v) is 18.5. The van der Waals surface area contributed by atoms with Gasteiger partial charge in [0.1, 0.15) is 11.3 Å². The smallest absolute Gasteiger partial charge is 0.295 e. The maximum atomic E-state index is 13.6. The molecule has 1 unspecified atom stereocenters. The maximum Gasteiger partial charge on any atom is 0.295 e. The Morgan fingerprint density at radius 1 is 1.00 bits per heavy atom. The maximum absolute atomic E-state index is 13.6. The first-order chi connectivity index (χ1) is 16.5. The summed E-state index contributed by atoms with van der Waals surface area (Å²) in [5, 5.41) is 0.420. The molecule has 0 aliphatic carbocycles. The lowest BCUT2D eigenvalue weighted by molar-refractivity contribution is -0.119. The van der Waals surface area contributed by atoms with E-state index in [4.69, 9.17) is 14.9 Å². The van der Waals surface area contributed by atoms with Crippen LogP contribution in [0, 0.1) is 0 Å². The SMILES string of the molecule is CCc1ccc(N2C(=O)c3oc4ccccc4c(=O)c3C2c2ccc(OCC(N)=O)cc2)cc1. The lowest BCUT2D eigenvalue weighted by Gasteiger charge is -2.25. The normalized spacial score (nSPS) is 14.9. The highest BCUT2D eigenvalue weighted by molar-refractivity contribution is 6.10. The van der Waals surface area contributed by atoms with Crippen LogP contribution in [0.5, 0.6) is 5.75 Å². The van der Waals surface area contributed by atoms with Gasteiger partial charge in [-0.2, -0.15) is 0 Å². The first-order valence-electron chi connectivity index (χ1n) is 11.0. The minimum atomic E-state index is -0.680. The van der Waals surface area contributed by atoms with E-state index in [1.165, 1.54) is 0 Å². The molecule has 0 saturated heterocycles. The number of aryl methyl sites for hydroxylation is 1. The van der Waals surface area contributed by atoms with E-state index in [-0.39, 0.29) is 23.7 Å². The standard InChI is InChI=1S/C27H22N2O5/c1-2-16-7-11-18(12-8-16)29-24(17-9-13-19(14-10-17)33-15-22(28)30)23-25(31)20-5-3-4-6-21(20)34-26(23)27(29)32/h3-14,24H,2,15H2,1H3,(H2,28,30). The van der Waals surface area contributed by atoms with E-state index < -0.39 is 11.9 Å². The van der Waals surface area contributed by atoms with Gasteiger partial charge in [-0.25, -0.2) is 0 Å². The number of nitrogens with two attached hydrogens (primary N) is 1. The molecule has 7 nitrogen and oxygen atoms in total. The number of anilines is 1. The van der Waals surface area contributed by atoms with E-state index in [1.807, 2.05) is 24.3 Å². The number of carbonyl (C=O) groups excluding carboxylic acids is 2. The molecule has 0 radical (unpaired) electrons. The van der Waals surface area contributed by atoms with Crippen LogP contribution < -0.4 is 20.8 Å². The molecule has 2 amide bonds. The van der Waals surface area contributed by atoms with Crippen LogP contribution in [0.4, 0.5) is 5.69 Å². The van der Waals surface area contributed by atoms with Crippen LogP contribution in [0.3, 0.4) is 0 Å². The predicted octanol–water partition coefficient (Wildman–Crippen LogP) is 3.97. The Morgan fingerprint density at radius 2 is 1.71 bits per heavy atom. The summed E-state index contributed by atoms with van der Waals surface area (Å²) in [6, 6.07) is 20.8. The van der Waals surface area contributed by atoms with Gasteiger partial charge in [-0.1, -0.05) is 43.3 Å². The van der Waals surface area contributed by atoms with Crippen molar-refractivity contribution in [2.45, 2.75) is 19.4 Å². The molecule has 7 heteroatoms. The summed E-state index contributed by atoms with van der Waals surface area (Å²) in [6.07, 6.45) is 0.871. The average Bonchev–Trinajstić information content (AvgIpc) is 3.15. The van der Waals surface area contributed by atoms with Gasteiger partial charge in [-0.15, -0.1) is 0 Å². The van der Waals surface area contributed by atoms with Crippen LogP contribution in [-0.2, 0) is 11.2 Å². The van der Waals surface area contributed by atoms with Gasteiger partial charge >= 0.3 is 0 Å². The Bertz CT molecular complexity index is 1460. The number of benzene rings is 3. The second-order valence-electron chi connectivity index (χ2n) is 8.09. The number of amides is 2. The fourth-order valence-electron chi connectivity index (χ4n) is 4.29. The monoisotopic (exact) mass is 454 g/mol. The fraction of sp³-hybridized carbons (Fsp3) is 0.148. The molecule has 34 heavy (non-hydrogen) atoms. The van der Waals surface area contributed by atoms with Gasteiger partial charge in [0.15, 0.2) is 12.0 Å². The van der Waals surface area contributed by atoms with Gasteiger partial charge in [0, 0.05) is 5.69 Å². The zero-order valence-electron chi connectivity index (χ0n) is 18.5. The molecule has 0 spiro atoms. The third-order valence-corrected chi connectivity index (χ3v) is 5.98. The highest BCUT2D eigenvalue weighted by atomic mass is 16.5. The van der Waals surface area contributed by atoms with Crippen LogP contribution >= 0.6 is 0 Å². The number of rotatable bonds is 6. The van der Waals surface area contributed by atoms with Crippen molar-refractivity contribution < 1.29 is 18.7 Å². The molecule has 3 aromatic carbocycles. The Balaban J connectivity index is 1.67. The van der Waals surface area contributed by atoms with Crippen LogP contribution in [0.25, 0.3) is 11.0 Å². The van der Waals surface area contributed by atoms with Crippen LogP contribution in [0.1, 0.15) is 40.2 Å². The Kier molecular flexibility index (Phi) is 5.37. The first-order valence-corrected chi connectivity index (χ1v) is 11.0. The number of nitrogens with zero attached hydrogens (tertiary/aromatic N) is 1. The van der Waals surface area contributed by atoms with E-state index in [0.29, 0.717) is 33.5 Å². The van der Waals surface area contributed by atoms with Crippen molar-refractivity contribution in [3.05, 3.63) is 105 Å². The third-order valence-electron chi connectivity index (χ3n) is 5.98. The Morgan fingerprint density at radius 3 is 2.38 bits per heavy atom. The van der Waals surface area contributed by atoms with Crippen molar-refractivity contribution in [1.82, 2.24) is 0 Å². The summed E-state index contributed by atoms with van der Waals surface area (Å²) in [4.78, 5) is 39.8. The third kappa shape index (κ3) is 3.61. The summed E-state index contributed by atoms with van der Waals surface area (Å²) in [5.41, 5.74) is 8.09. The minimum absolute atomic E-state index is 0.0438. The largest absolute Gasteiger partial charge is 0.484 e. The van der Waals surface area contributed by atoms with Gasteiger partial charge < -0.3 is 14.9 Å². The number of para-hydroxylation sites is 1. The molecule has 2 N–H and O–H groups in total. The van der Waals surface area contributed by atoms with Gasteiger partial charge in [0.25, 0.3) is 11.8 Å². The van der Waals surface area contributed by atoms with E-state index in [1.54, 1.807) is 53.4 Å². The van der Waals surface area contributed by atoms with E-state index in [9.17, 15) is 14.4 Å². The second-order valence-corrected chi connectivity index (χ2v) is 8.09. The fourth-order valence-corrected chi connectivity index (χ4v) is 4.29. The van der Waals surface area contributed by atoms with Crippen molar-refractivity contribution in [2.24, 2.45) is 5.73 Å². The summed E-state index contributed by atoms with van der Waals surface area (Å²) in [7, 11) is 0. The van der Waals surface area contributed by atoms with Gasteiger partial charge in [-0.3, -0.25) is 19.3 Å². The molecule has 5 rings (SSSR count). The van der Waals surface area contributed by atoms with Crippen molar-refractivity contribution in [3.8, 4) is 5.75 Å². The number of ether oxygens (including phenoxy) is 1. The first kappa shape index (κ1) is 21.5. The molecule has 0 saturated carbocycles. The van der Waals surface area contributed by atoms with E-state index in [0.717, 1.165) is 12.0 Å². The number of hydrogen-bond donors (Lipinski definition) is 1. The summed E-state index contributed by atoms with van der Waals surface area (Å²) >= 11 is 0. The topological polar surface area (TPSA) is 103 Å². The van der Waals surface area contributed by atoms with Crippen LogP contribution in [-0.4, -0.2) is 18.4 Å². The van der Waals surface area contributed by atoms with Crippen molar-refractivity contribution >= 4 is 28.5 Å². The van der Waals surface area contributed by atoms with Gasteiger partial charge in [-0.05, 0) is 53.9 Å². The highest BCUT2D eigenvalue weighted by Gasteiger charge is 2.43. The molecular weight excluding hydrogens is 432 g/mol. The summed E-state index contributed by atoms with van der Waals surface area (Å²) < 4.78 is 11.3. The number of hydrogen-bond acceptors (Lipinski definition) is 5.